The van der Waals surface area contributed by atoms with Crippen LogP contribution in [-0.2, 0) is 6.42 Å². The lowest BCUT2D eigenvalue weighted by atomic mass is 9.97. The van der Waals surface area contributed by atoms with Crippen molar-refractivity contribution in [3.63, 3.8) is 0 Å². The van der Waals surface area contributed by atoms with Gasteiger partial charge in [-0.2, -0.15) is 5.26 Å². The molecule has 0 unspecified atom stereocenters. The van der Waals surface area contributed by atoms with Gasteiger partial charge in [0.2, 0.25) is 0 Å². The van der Waals surface area contributed by atoms with Gasteiger partial charge in [-0.05, 0) is 59.9 Å². The highest BCUT2D eigenvalue weighted by molar-refractivity contribution is 5.94. The first-order chi connectivity index (χ1) is 11.8. The van der Waals surface area contributed by atoms with Gasteiger partial charge in [0.15, 0.2) is 0 Å². The van der Waals surface area contributed by atoms with E-state index in [-0.39, 0.29) is 0 Å². The summed E-state index contributed by atoms with van der Waals surface area (Å²) in [5.74, 6) is 0. The number of aromatic nitrogens is 1. The van der Waals surface area contributed by atoms with Crippen molar-refractivity contribution in [1.82, 2.24) is 4.98 Å². The van der Waals surface area contributed by atoms with E-state index in [4.69, 9.17) is 5.26 Å². The molecule has 0 saturated heterocycles. The number of benzene rings is 2. The second-order valence-corrected chi connectivity index (χ2v) is 6.21. The van der Waals surface area contributed by atoms with Crippen molar-refractivity contribution in [1.29, 1.82) is 5.26 Å². The standard InChI is InChI=1S/C22H22N2/c1-2-3-4-5-7-17-10-11-22-21(15-17)20(12-13-24-22)19-9-6-8-18(14-19)16-23/h6,8-15H,2-5,7H2,1H3. The average molecular weight is 314 g/mol. The SMILES string of the molecule is CCCCCCc1ccc2nccc(-c3cccc(C#N)c3)c2c1. The molecule has 2 aromatic carbocycles. The molecule has 0 aliphatic heterocycles. The molecule has 120 valence electrons. The molecule has 0 saturated carbocycles. The van der Waals surface area contributed by atoms with Gasteiger partial charge < -0.3 is 0 Å². The number of nitrogens with zero attached hydrogens (tertiary/aromatic N) is 2. The van der Waals surface area contributed by atoms with Crippen molar-refractivity contribution in [2.75, 3.05) is 0 Å². The van der Waals surface area contributed by atoms with Crippen molar-refractivity contribution >= 4 is 10.9 Å². The Hall–Kier alpha value is -2.66. The van der Waals surface area contributed by atoms with E-state index in [0.29, 0.717) is 5.56 Å². The molecule has 0 atom stereocenters. The van der Waals surface area contributed by atoms with Crippen LogP contribution >= 0.6 is 0 Å². The van der Waals surface area contributed by atoms with E-state index in [0.717, 1.165) is 23.1 Å². The summed E-state index contributed by atoms with van der Waals surface area (Å²) in [6.07, 6.45) is 8.06. The summed E-state index contributed by atoms with van der Waals surface area (Å²) in [7, 11) is 0. The predicted molar refractivity (Wildman–Crippen MR) is 99.7 cm³/mol. The molecule has 2 heteroatoms. The van der Waals surface area contributed by atoms with Crippen molar-refractivity contribution in [2.45, 2.75) is 39.0 Å². The zero-order valence-corrected chi connectivity index (χ0v) is 14.1. The number of hydrogen-bond donors (Lipinski definition) is 0. The van der Waals surface area contributed by atoms with E-state index >= 15 is 0 Å². The van der Waals surface area contributed by atoms with Crippen LogP contribution in [0.15, 0.2) is 54.7 Å². The molecular weight excluding hydrogens is 292 g/mol. The molecule has 3 rings (SSSR count). The quantitative estimate of drug-likeness (QED) is 0.531. The Kier molecular flexibility index (Phi) is 5.23. The second kappa shape index (κ2) is 7.75. The molecule has 0 bridgehead atoms. The van der Waals surface area contributed by atoms with Crippen LogP contribution in [0.1, 0.15) is 43.7 Å². The topological polar surface area (TPSA) is 36.7 Å². The van der Waals surface area contributed by atoms with Crippen LogP contribution in [0, 0.1) is 11.3 Å². The molecule has 0 aliphatic carbocycles. The zero-order valence-electron chi connectivity index (χ0n) is 14.1. The number of unbranched alkanes of at least 4 members (excludes halogenated alkanes) is 3. The van der Waals surface area contributed by atoms with E-state index in [2.05, 4.69) is 42.2 Å². The molecule has 0 N–H and O–H groups in total. The maximum absolute atomic E-state index is 9.14. The van der Waals surface area contributed by atoms with E-state index < -0.39 is 0 Å². The summed E-state index contributed by atoms with van der Waals surface area (Å²) < 4.78 is 0. The number of pyridine rings is 1. The average Bonchev–Trinajstić information content (AvgIpc) is 2.64. The highest BCUT2D eigenvalue weighted by atomic mass is 14.6. The Morgan fingerprint density at radius 2 is 1.92 bits per heavy atom. The first-order valence-electron chi connectivity index (χ1n) is 8.70. The van der Waals surface area contributed by atoms with Gasteiger partial charge >= 0.3 is 0 Å². The summed E-state index contributed by atoms with van der Waals surface area (Å²) >= 11 is 0. The van der Waals surface area contributed by atoms with Crippen LogP contribution in [0.4, 0.5) is 0 Å². The Bertz CT molecular complexity index is 875. The van der Waals surface area contributed by atoms with Crippen LogP contribution in [0.5, 0.6) is 0 Å². The number of fused-ring (bicyclic) bond motifs is 1. The van der Waals surface area contributed by atoms with Gasteiger partial charge in [0.25, 0.3) is 0 Å². The molecule has 0 amide bonds. The minimum atomic E-state index is 0.688. The number of hydrogen-bond acceptors (Lipinski definition) is 2. The zero-order chi connectivity index (χ0) is 16.8. The Morgan fingerprint density at radius 3 is 2.75 bits per heavy atom. The van der Waals surface area contributed by atoms with Gasteiger partial charge in [0.05, 0.1) is 17.1 Å². The number of nitriles is 1. The minimum absolute atomic E-state index is 0.688. The number of aryl methyl sites for hydroxylation is 1. The molecule has 1 heterocycles. The smallest absolute Gasteiger partial charge is 0.0991 e. The highest BCUT2D eigenvalue weighted by Gasteiger charge is 2.06. The molecule has 3 aromatic rings. The Balaban J connectivity index is 1.97. The minimum Gasteiger partial charge on any atom is -0.256 e. The second-order valence-electron chi connectivity index (χ2n) is 6.21. The molecule has 0 fully saturated rings. The fraction of sp³-hybridized carbons (Fsp3) is 0.273. The fourth-order valence-electron chi connectivity index (χ4n) is 3.11. The Labute approximate surface area is 143 Å². The van der Waals surface area contributed by atoms with Crippen LogP contribution in [0.25, 0.3) is 22.0 Å². The van der Waals surface area contributed by atoms with Crippen LogP contribution < -0.4 is 0 Å². The summed E-state index contributed by atoms with van der Waals surface area (Å²) in [5.41, 5.74) is 5.28. The lowest BCUT2D eigenvalue weighted by Crippen LogP contribution is -1.90. The third-order valence-electron chi connectivity index (χ3n) is 4.43. The van der Waals surface area contributed by atoms with Gasteiger partial charge in [-0.3, -0.25) is 4.98 Å². The maximum Gasteiger partial charge on any atom is 0.0991 e. The maximum atomic E-state index is 9.14. The molecule has 0 aliphatic rings. The monoisotopic (exact) mass is 314 g/mol. The van der Waals surface area contributed by atoms with Crippen LogP contribution in [0.3, 0.4) is 0 Å². The third-order valence-corrected chi connectivity index (χ3v) is 4.43. The highest BCUT2D eigenvalue weighted by Crippen LogP contribution is 2.29. The number of rotatable bonds is 6. The van der Waals surface area contributed by atoms with Crippen LogP contribution in [-0.4, -0.2) is 4.98 Å². The van der Waals surface area contributed by atoms with Crippen LogP contribution in [0.2, 0.25) is 0 Å². The summed E-state index contributed by atoms with van der Waals surface area (Å²) in [5, 5.41) is 10.3. The van der Waals surface area contributed by atoms with Crippen molar-refractivity contribution < 1.29 is 0 Å². The van der Waals surface area contributed by atoms with E-state index in [1.165, 1.54) is 36.6 Å². The van der Waals surface area contributed by atoms with Gasteiger partial charge in [-0.15, -0.1) is 0 Å². The summed E-state index contributed by atoms with van der Waals surface area (Å²) in [6, 6.07) is 18.6. The van der Waals surface area contributed by atoms with E-state index in [1.807, 2.05) is 30.5 Å². The van der Waals surface area contributed by atoms with Gasteiger partial charge in [-0.1, -0.05) is 44.4 Å². The molecular formula is C22H22N2. The summed E-state index contributed by atoms with van der Waals surface area (Å²) in [6.45, 7) is 2.24. The van der Waals surface area contributed by atoms with Gasteiger partial charge in [-0.25, -0.2) is 0 Å². The molecule has 2 nitrogen and oxygen atoms in total. The first kappa shape index (κ1) is 16.2. The lowest BCUT2D eigenvalue weighted by molar-refractivity contribution is 0.667. The van der Waals surface area contributed by atoms with E-state index in [1.54, 1.807) is 0 Å². The molecule has 24 heavy (non-hydrogen) atoms. The lowest BCUT2D eigenvalue weighted by Gasteiger charge is -2.09. The summed E-state index contributed by atoms with van der Waals surface area (Å²) in [4.78, 5) is 4.50. The van der Waals surface area contributed by atoms with Crippen molar-refractivity contribution in [2.24, 2.45) is 0 Å². The molecule has 0 spiro atoms. The Morgan fingerprint density at radius 1 is 1.00 bits per heavy atom. The van der Waals surface area contributed by atoms with E-state index in [9.17, 15) is 0 Å². The predicted octanol–water partition coefficient (Wildman–Crippen LogP) is 5.90. The van der Waals surface area contributed by atoms with Crippen molar-refractivity contribution in [3.05, 3.63) is 65.9 Å². The normalized spacial score (nSPS) is 10.7. The molecule has 1 aromatic heterocycles. The molecule has 0 radical (unpaired) electrons. The van der Waals surface area contributed by atoms with Gasteiger partial charge in [0, 0.05) is 11.6 Å². The first-order valence-corrected chi connectivity index (χ1v) is 8.70. The third kappa shape index (κ3) is 3.63. The fourth-order valence-corrected chi connectivity index (χ4v) is 3.11. The van der Waals surface area contributed by atoms with Gasteiger partial charge in [0.1, 0.15) is 0 Å². The largest absolute Gasteiger partial charge is 0.256 e. The van der Waals surface area contributed by atoms with Crippen molar-refractivity contribution in [3.8, 4) is 17.2 Å².